The fourth-order valence-corrected chi connectivity index (χ4v) is 2.35. The summed E-state index contributed by atoms with van der Waals surface area (Å²) in [5.41, 5.74) is 7.78. The predicted octanol–water partition coefficient (Wildman–Crippen LogP) is 1.73. The smallest absolute Gasteiger partial charge is 0.224 e. The third kappa shape index (κ3) is 3.99. The van der Waals surface area contributed by atoms with Crippen LogP contribution in [0.15, 0.2) is 22.7 Å². The van der Waals surface area contributed by atoms with Crippen LogP contribution in [0.4, 0.5) is 5.69 Å². The predicted molar refractivity (Wildman–Crippen MR) is 78.5 cm³/mol. The topological polar surface area (TPSA) is 58.4 Å². The number of amides is 1. The maximum Gasteiger partial charge on any atom is 0.224 e. The highest BCUT2D eigenvalue weighted by Crippen LogP contribution is 2.22. The Kier molecular flexibility index (Phi) is 5.62. The zero-order valence-electron chi connectivity index (χ0n) is 11.0. The van der Waals surface area contributed by atoms with E-state index in [4.69, 9.17) is 5.73 Å². The second kappa shape index (κ2) is 6.75. The number of nitrogens with zero attached hydrogens (tertiary/aromatic N) is 1. The Labute approximate surface area is 117 Å². The van der Waals surface area contributed by atoms with E-state index in [1.807, 2.05) is 32.2 Å². The van der Waals surface area contributed by atoms with Gasteiger partial charge in [-0.3, -0.25) is 4.79 Å². The van der Waals surface area contributed by atoms with E-state index in [-0.39, 0.29) is 11.8 Å². The summed E-state index contributed by atoms with van der Waals surface area (Å²) in [5.74, 6) is -0.00352. The molecule has 1 aromatic carbocycles. The molecule has 0 aliphatic heterocycles. The van der Waals surface area contributed by atoms with Crippen LogP contribution in [-0.4, -0.2) is 26.5 Å². The first kappa shape index (κ1) is 15.0. The normalized spacial score (nSPS) is 12.1. The third-order valence-corrected chi connectivity index (χ3v) is 3.32. The zero-order valence-corrected chi connectivity index (χ0v) is 12.6. The van der Waals surface area contributed by atoms with Gasteiger partial charge in [0.15, 0.2) is 0 Å². The van der Waals surface area contributed by atoms with Gasteiger partial charge in [-0.25, -0.2) is 0 Å². The monoisotopic (exact) mass is 313 g/mol. The highest BCUT2D eigenvalue weighted by molar-refractivity contribution is 9.10. The first-order chi connectivity index (χ1) is 8.47. The molecule has 0 aliphatic rings. The van der Waals surface area contributed by atoms with Crippen molar-refractivity contribution in [2.24, 2.45) is 11.7 Å². The van der Waals surface area contributed by atoms with Gasteiger partial charge < -0.3 is 16.0 Å². The van der Waals surface area contributed by atoms with Crippen molar-refractivity contribution in [3.8, 4) is 0 Å². The summed E-state index contributed by atoms with van der Waals surface area (Å²) in [5, 5.41) is 2.66. The molecule has 0 aliphatic carbocycles. The maximum absolute atomic E-state index is 11.5. The molecule has 0 fully saturated rings. The number of carbonyl (C=O) groups excluding carboxylic acids is 1. The number of nitrogens with two attached hydrogens (primary N) is 1. The number of halogens is 1. The van der Waals surface area contributed by atoms with Crippen LogP contribution in [-0.2, 0) is 11.3 Å². The van der Waals surface area contributed by atoms with Gasteiger partial charge >= 0.3 is 0 Å². The summed E-state index contributed by atoms with van der Waals surface area (Å²) < 4.78 is 1.000. The molecule has 18 heavy (non-hydrogen) atoms. The Balaban J connectivity index is 2.80. The Morgan fingerprint density at radius 2 is 2.17 bits per heavy atom. The summed E-state index contributed by atoms with van der Waals surface area (Å²) in [6.45, 7) is 3.09. The molecule has 1 rings (SSSR count). The number of anilines is 1. The van der Waals surface area contributed by atoms with Crippen LogP contribution in [0.2, 0.25) is 0 Å². The Morgan fingerprint density at radius 3 is 2.72 bits per heavy atom. The molecule has 0 radical (unpaired) electrons. The number of carbonyl (C=O) groups is 1. The SMILES string of the molecule is CNC(=O)C(C)CN(C)c1cc(Br)cc(CN)c1. The lowest BCUT2D eigenvalue weighted by molar-refractivity contribution is -0.123. The van der Waals surface area contributed by atoms with Crippen LogP contribution in [0.3, 0.4) is 0 Å². The minimum absolute atomic E-state index is 0.0518. The maximum atomic E-state index is 11.5. The molecule has 1 amide bonds. The second-order valence-corrected chi connectivity index (χ2v) is 5.33. The fourth-order valence-electron chi connectivity index (χ4n) is 1.82. The van der Waals surface area contributed by atoms with Gasteiger partial charge in [-0.05, 0) is 23.8 Å². The molecule has 100 valence electrons. The molecule has 0 spiro atoms. The highest BCUT2D eigenvalue weighted by Gasteiger charge is 2.14. The minimum Gasteiger partial charge on any atom is -0.374 e. The summed E-state index contributed by atoms with van der Waals surface area (Å²) in [6.07, 6.45) is 0. The van der Waals surface area contributed by atoms with E-state index in [0.29, 0.717) is 13.1 Å². The van der Waals surface area contributed by atoms with Crippen LogP contribution in [0, 0.1) is 5.92 Å². The molecule has 0 saturated heterocycles. The van der Waals surface area contributed by atoms with Gasteiger partial charge in [0.1, 0.15) is 0 Å². The van der Waals surface area contributed by atoms with Crippen molar-refractivity contribution in [2.45, 2.75) is 13.5 Å². The number of benzene rings is 1. The molecule has 3 N–H and O–H groups in total. The molecule has 0 saturated carbocycles. The molecule has 1 unspecified atom stereocenters. The van der Waals surface area contributed by atoms with Crippen LogP contribution in [0.1, 0.15) is 12.5 Å². The molecule has 1 aromatic rings. The van der Waals surface area contributed by atoms with Gasteiger partial charge in [-0.1, -0.05) is 22.9 Å². The van der Waals surface area contributed by atoms with Crippen molar-refractivity contribution < 1.29 is 4.79 Å². The number of hydrogen-bond donors (Lipinski definition) is 2. The van der Waals surface area contributed by atoms with Gasteiger partial charge in [0.25, 0.3) is 0 Å². The summed E-state index contributed by atoms with van der Waals surface area (Å²) >= 11 is 3.47. The van der Waals surface area contributed by atoms with Crippen molar-refractivity contribution in [3.05, 3.63) is 28.2 Å². The Bertz CT molecular complexity index is 423. The molecule has 0 heterocycles. The van der Waals surface area contributed by atoms with Gasteiger partial charge in [0, 0.05) is 37.3 Å². The van der Waals surface area contributed by atoms with Gasteiger partial charge in [-0.15, -0.1) is 0 Å². The van der Waals surface area contributed by atoms with E-state index in [2.05, 4.69) is 26.1 Å². The molecular weight excluding hydrogens is 294 g/mol. The standard InChI is InChI=1S/C13H20BrN3O/c1-9(13(18)16-2)8-17(3)12-5-10(7-15)4-11(14)6-12/h4-6,9H,7-8,15H2,1-3H3,(H,16,18). The largest absolute Gasteiger partial charge is 0.374 e. The minimum atomic E-state index is -0.0553. The number of rotatable bonds is 5. The third-order valence-electron chi connectivity index (χ3n) is 2.86. The molecular formula is C13H20BrN3O. The molecule has 1 atom stereocenters. The highest BCUT2D eigenvalue weighted by atomic mass is 79.9. The summed E-state index contributed by atoms with van der Waals surface area (Å²) in [4.78, 5) is 13.6. The summed E-state index contributed by atoms with van der Waals surface area (Å²) in [7, 11) is 3.63. The van der Waals surface area contributed by atoms with Crippen LogP contribution in [0.25, 0.3) is 0 Å². The van der Waals surface area contributed by atoms with Crippen molar-refractivity contribution in [3.63, 3.8) is 0 Å². The Hall–Kier alpha value is -1.07. The van der Waals surface area contributed by atoms with E-state index in [9.17, 15) is 4.79 Å². The number of nitrogens with one attached hydrogen (secondary N) is 1. The zero-order chi connectivity index (χ0) is 13.7. The van der Waals surface area contributed by atoms with Crippen molar-refractivity contribution in [1.29, 1.82) is 0 Å². The van der Waals surface area contributed by atoms with Crippen LogP contribution >= 0.6 is 15.9 Å². The van der Waals surface area contributed by atoms with Crippen LogP contribution < -0.4 is 16.0 Å². The van der Waals surface area contributed by atoms with Crippen molar-refractivity contribution in [2.75, 3.05) is 25.5 Å². The molecule has 5 heteroatoms. The van der Waals surface area contributed by atoms with Crippen molar-refractivity contribution in [1.82, 2.24) is 5.32 Å². The van der Waals surface area contributed by atoms with E-state index < -0.39 is 0 Å². The molecule has 0 bridgehead atoms. The average Bonchev–Trinajstić information content (AvgIpc) is 2.36. The summed E-state index contributed by atoms with van der Waals surface area (Å²) in [6, 6.07) is 6.07. The molecule has 4 nitrogen and oxygen atoms in total. The van der Waals surface area contributed by atoms with Gasteiger partial charge in [0.2, 0.25) is 5.91 Å². The van der Waals surface area contributed by atoms with Crippen LogP contribution in [0.5, 0.6) is 0 Å². The second-order valence-electron chi connectivity index (χ2n) is 4.42. The lowest BCUT2D eigenvalue weighted by Crippen LogP contribution is -2.34. The Morgan fingerprint density at radius 1 is 1.50 bits per heavy atom. The first-order valence-electron chi connectivity index (χ1n) is 5.90. The lowest BCUT2D eigenvalue weighted by Gasteiger charge is -2.23. The van der Waals surface area contributed by atoms with E-state index >= 15 is 0 Å². The van der Waals surface area contributed by atoms with E-state index in [1.54, 1.807) is 7.05 Å². The van der Waals surface area contributed by atoms with Gasteiger partial charge in [0.05, 0.1) is 5.92 Å². The number of hydrogen-bond acceptors (Lipinski definition) is 3. The van der Waals surface area contributed by atoms with Crippen molar-refractivity contribution >= 4 is 27.5 Å². The fraction of sp³-hybridized carbons (Fsp3) is 0.462. The molecule has 0 aromatic heterocycles. The first-order valence-corrected chi connectivity index (χ1v) is 6.69. The quantitative estimate of drug-likeness (QED) is 0.870. The lowest BCUT2D eigenvalue weighted by atomic mass is 10.1. The average molecular weight is 314 g/mol. The van der Waals surface area contributed by atoms with E-state index in [1.165, 1.54) is 0 Å². The van der Waals surface area contributed by atoms with Gasteiger partial charge in [-0.2, -0.15) is 0 Å². The van der Waals surface area contributed by atoms with E-state index in [0.717, 1.165) is 15.7 Å².